The highest BCUT2D eigenvalue weighted by atomic mass is 35.5. The predicted molar refractivity (Wildman–Crippen MR) is 93.7 cm³/mol. The zero-order chi connectivity index (χ0) is 17.7. The van der Waals surface area contributed by atoms with Crippen LogP contribution in [0.15, 0.2) is 30.3 Å². The summed E-state index contributed by atoms with van der Waals surface area (Å²) in [7, 11) is 4.46. The molecule has 2 aromatic rings. The first kappa shape index (κ1) is 18.2. The Labute approximate surface area is 150 Å². The Kier molecular flexibility index (Phi) is 6.17. The zero-order valence-electron chi connectivity index (χ0n) is 13.5. The Bertz CT molecular complexity index is 750. The monoisotopic (exact) mass is 369 g/mol. The van der Waals surface area contributed by atoms with E-state index in [4.69, 9.17) is 37.4 Å². The number of rotatable bonds is 6. The number of benzene rings is 2. The van der Waals surface area contributed by atoms with Gasteiger partial charge in [0.05, 0.1) is 26.9 Å². The maximum atomic E-state index is 12.5. The van der Waals surface area contributed by atoms with Crippen molar-refractivity contribution in [3.63, 3.8) is 0 Å². The van der Waals surface area contributed by atoms with Gasteiger partial charge in [-0.05, 0) is 29.8 Å². The van der Waals surface area contributed by atoms with Gasteiger partial charge in [-0.1, -0.05) is 29.3 Å². The lowest BCUT2D eigenvalue weighted by atomic mass is 10.1. The molecule has 0 unspecified atom stereocenters. The summed E-state index contributed by atoms with van der Waals surface area (Å²) in [6.07, 6.45) is 0. The van der Waals surface area contributed by atoms with Gasteiger partial charge in [-0.3, -0.25) is 4.79 Å². The predicted octanol–water partition coefficient (Wildman–Crippen LogP) is 3.95. The van der Waals surface area contributed by atoms with Gasteiger partial charge >= 0.3 is 0 Å². The molecule has 0 aliphatic carbocycles. The fourth-order valence-corrected chi connectivity index (χ4v) is 2.69. The van der Waals surface area contributed by atoms with Gasteiger partial charge in [0.25, 0.3) is 5.91 Å². The van der Waals surface area contributed by atoms with Crippen LogP contribution in [0.5, 0.6) is 17.2 Å². The van der Waals surface area contributed by atoms with Crippen molar-refractivity contribution in [1.29, 1.82) is 0 Å². The highest BCUT2D eigenvalue weighted by molar-refractivity contribution is 6.35. The number of nitrogens with one attached hydrogen (secondary N) is 1. The zero-order valence-corrected chi connectivity index (χ0v) is 15.0. The summed E-state index contributed by atoms with van der Waals surface area (Å²) in [5.41, 5.74) is 1.09. The molecule has 128 valence electrons. The average Bonchev–Trinajstić information content (AvgIpc) is 2.59. The van der Waals surface area contributed by atoms with Crippen LogP contribution in [-0.4, -0.2) is 27.2 Å². The Morgan fingerprint density at radius 1 is 1.00 bits per heavy atom. The van der Waals surface area contributed by atoms with E-state index in [0.717, 1.165) is 5.56 Å². The van der Waals surface area contributed by atoms with Gasteiger partial charge in [0.2, 0.25) is 5.75 Å². The Balaban J connectivity index is 2.23. The van der Waals surface area contributed by atoms with Gasteiger partial charge in [-0.25, -0.2) is 0 Å². The summed E-state index contributed by atoms with van der Waals surface area (Å²) in [4.78, 5) is 12.5. The maximum absolute atomic E-state index is 12.5. The van der Waals surface area contributed by atoms with E-state index in [1.165, 1.54) is 21.3 Å². The molecule has 1 N–H and O–H groups in total. The minimum absolute atomic E-state index is 0.256. The molecule has 0 saturated heterocycles. The second kappa shape index (κ2) is 8.13. The number of carbonyl (C=O) groups is 1. The van der Waals surface area contributed by atoms with E-state index in [1.54, 1.807) is 30.3 Å². The van der Waals surface area contributed by atoms with Crippen molar-refractivity contribution in [2.45, 2.75) is 6.54 Å². The summed E-state index contributed by atoms with van der Waals surface area (Å²) in [6, 6.07) is 8.36. The molecule has 0 atom stereocenters. The lowest BCUT2D eigenvalue weighted by Crippen LogP contribution is -2.23. The molecule has 2 aromatic carbocycles. The minimum atomic E-state index is -0.321. The molecule has 2 rings (SSSR count). The number of amides is 1. The Morgan fingerprint density at radius 2 is 1.71 bits per heavy atom. The molecule has 0 aromatic heterocycles. The third-order valence-corrected chi connectivity index (χ3v) is 3.99. The van der Waals surface area contributed by atoms with Crippen LogP contribution in [0.25, 0.3) is 0 Å². The summed E-state index contributed by atoms with van der Waals surface area (Å²) >= 11 is 12.0. The quantitative estimate of drug-likeness (QED) is 0.837. The van der Waals surface area contributed by atoms with Crippen LogP contribution in [0, 0.1) is 0 Å². The van der Waals surface area contributed by atoms with Crippen LogP contribution in [-0.2, 0) is 6.54 Å². The molecule has 0 spiro atoms. The van der Waals surface area contributed by atoms with E-state index in [0.29, 0.717) is 32.9 Å². The topological polar surface area (TPSA) is 56.8 Å². The third-order valence-electron chi connectivity index (χ3n) is 3.40. The summed E-state index contributed by atoms with van der Waals surface area (Å²) in [6.45, 7) is 0.256. The van der Waals surface area contributed by atoms with Crippen LogP contribution >= 0.6 is 23.2 Å². The van der Waals surface area contributed by atoms with E-state index in [9.17, 15) is 4.79 Å². The minimum Gasteiger partial charge on any atom is -0.493 e. The number of ether oxygens (including phenoxy) is 3. The normalized spacial score (nSPS) is 10.2. The molecular weight excluding hydrogens is 353 g/mol. The van der Waals surface area contributed by atoms with E-state index in [1.807, 2.05) is 0 Å². The van der Waals surface area contributed by atoms with E-state index in [2.05, 4.69) is 5.32 Å². The first-order valence-electron chi connectivity index (χ1n) is 7.03. The number of halogens is 2. The lowest BCUT2D eigenvalue weighted by molar-refractivity contribution is 0.0947. The molecule has 7 heteroatoms. The largest absolute Gasteiger partial charge is 0.493 e. The third kappa shape index (κ3) is 3.86. The van der Waals surface area contributed by atoms with Crippen LogP contribution < -0.4 is 19.5 Å². The molecule has 0 heterocycles. The molecule has 0 saturated carbocycles. The Morgan fingerprint density at radius 3 is 2.29 bits per heavy atom. The first-order chi connectivity index (χ1) is 11.5. The van der Waals surface area contributed by atoms with E-state index in [-0.39, 0.29) is 12.5 Å². The molecule has 0 aliphatic rings. The van der Waals surface area contributed by atoms with Gasteiger partial charge in [-0.15, -0.1) is 0 Å². The van der Waals surface area contributed by atoms with Gasteiger partial charge < -0.3 is 19.5 Å². The second-order valence-corrected chi connectivity index (χ2v) is 5.64. The van der Waals surface area contributed by atoms with Crippen molar-refractivity contribution in [1.82, 2.24) is 5.32 Å². The summed E-state index contributed by atoms with van der Waals surface area (Å²) < 4.78 is 15.8. The fourth-order valence-electron chi connectivity index (χ4n) is 2.22. The number of hydrogen-bond acceptors (Lipinski definition) is 4. The van der Waals surface area contributed by atoms with Crippen molar-refractivity contribution < 1.29 is 19.0 Å². The number of methoxy groups -OCH3 is 3. The van der Waals surface area contributed by atoms with Gasteiger partial charge in [0.15, 0.2) is 11.5 Å². The van der Waals surface area contributed by atoms with Crippen molar-refractivity contribution in [2.24, 2.45) is 0 Å². The second-order valence-electron chi connectivity index (χ2n) is 4.80. The lowest BCUT2D eigenvalue weighted by Gasteiger charge is -2.15. The highest BCUT2D eigenvalue weighted by Gasteiger charge is 2.20. The standard InChI is InChI=1S/C17H17Cl2NO4/c1-22-14-7-6-12(15(23-2)16(14)24-3)17(21)20-9-10-4-5-11(18)8-13(10)19/h4-8H,9H2,1-3H3,(H,20,21). The molecule has 5 nitrogen and oxygen atoms in total. The molecular formula is C17H17Cl2NO4. The van der Waals surface area contributed by atoms with Gasteiger partial charge in [-0.2, -0.15) is 0 Å². The SMILES string of the molecule is COc1ccc(C(=O)NCc2ccc(Cl)cc2Cl)c(OC)c1OC. The van der Waals surface area contributed by atoms with Crippen molar-refractivity contribution in [2.75, 3.05) is 21.3 Å². The summed E-state index contributed by atoms with van der Waals surface area (Å²) in [5, 5.41) is 3.82. The van der Waals surface area contributed by atoms with E-state index >= 15 is 0 Å². The average molecular weight is 370 g/mol. The van der Waals surface area contributed by atoms with Gasteiger partial charge in [0.1, 0.15) is 0 Å². The van der Waals surface area contributed by atoms with Crippen molar-refractivity contribution in [3.05, 3.63) is 51.5 Å². The van der Waals surface area contributed by atoms with Crippen LogP contribution in [0.1, 0.15) is 15.9 Å². The fraction of sp³-hybridized carbons (Fsp3) is 0.235. The molecule has 0 aliphatic heterocycles. The van der Waals surface area contributed by atoms with Gasteiger partial charge in [0, 0.05) is 16.6 Å². The Hall–Kier alpha value is -2.11. The van der Waals surface area contributed by atoms with Crippen molar-refractivity contribution in [3.8, 4) is 17.2 Å². The van der Waals surface area contributed by atoms with Crippen molar-refractivity contribution >= 4 is 29.1 Å². The first-order valence-corrected chi connectivity index (χ1v) is 7.78. The van der Waals surface area contributed by atoms with Crippen LogP contribution in [0.4, 0.5) is 0 Å². The molecule has 1 amide bonds. The molecule has 24 heavy (non-hydrogen) atoms. The molecule has 0 fully saturated rings. The smallest absolute Gasteiger partial charge is 0.255 e. The van der Waals surface area contributed by atoms with Crippen LogP contribution in [0.3, 0.4) is 0 Å². The number of hydrogen-bond donors (Lipinski definition) is 1. The highest BCUT2D eigenvalue weighted by Crippen LogP contribution is 2.39. The van der Waals surface area contributed by atoms with E-state index < -0.39 is 0 Å². The molecule has 0 bridgehead atoms. The maximum Gasteiger partial charge on any atom is 0.255 e. The summed E-state index contributed by atoms with van der Waals surface area (Å²) in [5.74, 6) is 0.819. The van der Waals surface area contributed by atoms with Crippen LogP contribution in [0.2, 0.25) is 10.0 Å². The number of carbonyl (C=O) groups excluding carboxylic acids is 1. The molecule has 0 radical (unpaired) electrons.